The molecule has 2 rings (SSSR count). The van der Waals surface area contributed by atoms with E-state index in [0.29, 0.717) is 6.04 Å². The molecule has 82 valence electrons. The minimum absolute atomic E-state index is 0.0885. The summed E-state index contributed by atoms with van der Waals surface area (Å²) in [7, 11) is -3.05. The number of ether oxygens (including phenoxy) is 1. The quantitative estimate of drug-likeness (QED) is 0.663. The zero-order chi connectivity index (χ0) is 10.2. The first-order valence-electron chi connectivity index (χ1n) is 4.84. The van der Waals surface area contributed by atoms with Crippen molar-refractivity contribution >= 4 is 10.0 Å². The number of sulfonamides is 1. The molecule has 1 N–H and O–H groups in total. The first-order chi connectivity index (χ1) is 6.54. The minimum atomic E-state index is -3.05. The normalized spacial score (nSPS) is 30.5. The van der Waals surface area contributed by atoms with E-state index in [9.17, 15) is 8.42 Å². The standard InChI is InChI=1S/C8H16N2O3S/c1-14(11,12)9-7-2-3-10(4-7)8-5-13-6-8/h7-9H,2-6H2,1H3. The highest BCUT2D eigenvalue weighted by Gasteiger charge is 2.33. The van der Waals surface area contributed by atoms with Crippen molar-refractivity contribution in [1.29, 1.82) is 0 Å². The molecule has 2 aliphatic rings. The summed E-state index contributed by atoms with van der Waals surface area (Å²) in [4.78, 5) is 2.30. The first-order valence-corrected chi connectivity index (χ1v) is 6.73. The molecule has 0 amide bonds. The Balaban J connectivity index is 1.82. The Hall–Kier alpha value is -0.170. The third-order valence-electron chi connectivity index (χ3n) is 2.74. The van der Waals surface area contributed by atoms with Crippen LogP contribution in [0.25, 0.3) is 0 Å². The summed E-state index contributed by atoms with van der Waals surface area (Å²) < 4.78 is 29.7. The third kappa shape index (κ3) is 2.44. The molecule has 0 saturated carbocycles. The van der Waals surface area contributed by atoms with Gasteiger partial charge in [-0.25, -0.2) is 13.1 Å². The Bertz CT molecular complexity index is 300. The largest absolute Gasteiger partial charge is 0.378 e. The molecule has 0 bridgehead atoms. The second-order valence-electron chi connectivity index (χ2n) is 4.06. The Morgan fingerprint density at radius 2 is 2.14 bits per heavy atom. The second-order valence-corrected chi connectivity index (χ2v) is 5.84. The van der Waals surface area contributed by atoms with Crippen LogP contribution < -0.4 is 4.72 Å². The maximum absolute atomic E-state index is 11.0. The molecule has 0 aliphatic carbocycles. The molecular formula is C8H16N2O3S. The molecular weight excluding hydrogens is 204 g/mol. The first kappa shape index (κ1) is 10.4. The molecule has 0 spiro atoms. The van der Waals surface area contributed by atoms with E-state index < -0.39 is 10.0 Å². The van der Waals surface area contributed by atoms with Gasteiger partial charge in [0.05, 0.1) is 25.5 Å². The summed E-state index contributed by atoms with van der Waals surface area (Å²) in [5.74, 6) is 0. The highest BCUT2D eigenvalue weighted by Crippen LogP contribution is 2.17. The van der Waals surface area contributed by atoms with Gasteiger partial charge in [0.2, 0.25) is 10.0 Å². The van der Waals surface area contributed by atoms with E-state index in [1.165, 1.54) is 6.26 Å². The van der Waals surface area contributed by atoms with Crippen molar-refractivity contribution in [3.05, 3.63) is 0 Å². The van der Waals surface area contributed by atoms with E-state index in [4.69, 9.17) is 4.74 Å². The van der Waals surface area contributed by atoms with Crippen LogP contribution in [0.1, 0.15) is 6.42 Å². The molecule has 14 heavy (non-hydrogen) atoms. The van der Waals surface area contributed by atoms with Crippen molar-refractivity contribution in [3.63, 3.8) is 0 Å². The maximum atomic E-state index is 11.0. The van der Waals surface area contributed by atoms with E-state index in [0.717, 1.165) is 32.7 Å². The van der Waals surface area contributed by atoms with Crippen LogP contribution in [0.5, 0.6) is 0 Å². The van der Waals surface area contributed by atoms with E-state index in [2.05, 4.69) is 9.62 Å². The van der Waals surface area contributed by atoms with Gasteiger partial charge < -0.3 is 4.74 Å². The van der Waals surface area contributed by atoms with Gasteiger partial charge in [-0.1, -0.05) is 0 Å². The van der Waals surface area contributed by atoms with E-state index in [1.54, 1.807) is 0 Å². The number of nitrogens with one attached hydrogen (secondary N) is 1. The lowest BCUT2D eigenvalue weighted by molar-refractivity contribution is -0.0573. The highest BCUT2D eigenvalue weighted by molar-refractivity contribution is 7.88. The maximum Gasteiger partial charge on any atom is 0.208 e. The average molecular weight is 220 g/mol. The summed E-state index contributed by atoms with van der Waals surface area (Å²) in [5.41, 5.74) is 0. The lowest BCUT2D eigenvalue weighted by atomic mass is 10.2. The molecule has 0 aromatic carbocycles. The van der Waals surface area contributed by atoms with Gasteiger partial charge in [-0.3, -0.25) is 4.90 Å². The fourth-order valence-electron chi connectivity index (χ4n) is 1.95. The Morgan fingerprint density at radius 1 is 1.43 bits per heavy atom. The fourth-order valence-corrected chi connectivity index (χ4v) is 2.75. The molecule has 2 aliphatic heterocycles. The lowest BCUT2D eigenvalue weighted by Gasteiger charge is -2.34. The van der Waals surface area contributed by atoms with Gasteiger partial charge >= 0.3 is 0 Å². The number of hydrogen-bond acceptors (Lipinski definition) is 4. The summed E-state index contributed by atoms with van der Waals surface area (Å²) >= 11 is 0. The van der Waals surface area contributed by atoms with Gasteiger partial charge in [0.15, 0.2) is 0 Å². The van der Waals surface area contributed by atoms with Crippen LogP contribution in [0.4, 0.5) is 0 Å². The van der Waals surface area contributed by atoms with Gasteiger partial charge in [0, 0.05) is 19.1 Å². The molecule has 0 radical (unpaired) electrons. The molecule has 6 heteroatoms. The Morgan fingerprint density at radius 3 is 2.64 bits per heavy atom. The monoisotopic (exact) mass is 220 g/mol. The summed E-state index contributed by atoms with van der Waals surface area (Å²) in [5, 5.41) is 0. The van der Waals surface area contributed by atoms with Crippen molar-refractivity contribution in [3.8, 4) is 0 Å². The molecule has 0 aromatic rings. The Kier molecular flexibility index (Phi) is 2.79. The van der Waals surface area contributed by atoms with Crippen molar-refractivity contribution < 1.29 is 13.2 Å². The zero-order valence-electron chi connectivity index (χ0n) is 8.27. The smallest absolute Gasteiger partial charge is 0.208 e. The second kappa shape index (κ2) is 3.77. The zero-order valence-corrected chi connectivity index (χ0v) is 9.09. The summed E-state index contributed by atoms with van der Waals surface area (Å²) in [6.45, 7) is 3.39. The fraction of sp³-hybridized carbons (Fsp3) is 1.00. The summed E-state index contributed by atoms with van der Waals surface area (Å²) in [6.07, 6.45) is 2.12. The third-order valence-corrected chi connectivity index (χ3v) is 3.50. The van der Waals surface area contributed by atoms with E-state index >= 15 is 0 Å². The molecule has 2 fully saturated rings. The van der Waals surface area contributed by atoms with Gasteiger partial charge in [0.25, 0.3) is 0 Å². The predicted octanol–water partition coefficient (Wildman–Crippen LogP) is -0.991. The van der Waals surface area contributed by atoms with Crippen LogP contribution >= 0.6 is 0 Å². The van der Waals surface area contributed by atoms with Gasteiger partial charge in [0.1, 0.15) is 0 Å². The topological polar surface area (TPSA) is 58.6 Å². The molecule has 0 aromatic heterocycles. The molecule has 1 unspecified atom stereocenters. The minimum Gasteiger partial charge on any atom is -0.378 e. The van der Waals surface area contributed by atoms with Crippen LogP contribution in [0.15, 0.2) is 0 Å². The van der Waals surface area contributed by atoms with E-state index in [-0.39, 0.29) is 6.04 Å². The molecule has 2 saturated heterocycles. The number of rotatable bonds is 3. The molecule has 2 heterocycles. The lowest BCUT2D eigenvalue weighted by Crippen LogP contribution is -2.49. The van der Waals surface area contributed by atoms with Crippen LogP contribution in [0.3, 0.4) is 0 Å². The summed E-state index contributed by atoms with van der Waals surface area (Å²) in [6, 6.07) is 0.604. The SMILES string of the molecule is CS(=O)(=O)NC1CCN(C2COC2)C1. The van der Waals surface area contributed by atoms with Crippen LogP contribution in [-0.2, 0) is 14.8 Å². The van der Waals surface area contributed by atoms with Gasteiger partial charge in [-0.15, -0.1) is 0 Å². The Labute approximate surface area is 84.5 Å². The van der Waals surface area contributed by atoms with Crippen molar-refractivity contribution in [1.82, 2.24) is 9.62 Å². The average Bonchev–Trinajstić information content (AvgIpc) is 2.28. The van der Waals surface area contributed by atoms with Crippen LogP contribution in [0, 0.1) is 0 Å². The van der Waals surface area contributed by atoms with Crippen LogP contribution in [-0.4, -0.2) is 58.0 Å². The number of nitrogens with zero attached hydrogens (tertiary/aromatic N) is 1. The number of hydrogen-bond donors (Lipinski definition) is 1. The molecule has 5 nitrogen and oxygen atoms in total. The van der Waals surface area contributed by atoms with Crippen molar-refractivity contribution in [2.24, 2.45) is 0 Å². The van der Waals surface area contributed by atoms with Gasteiger partial charge in [-0.2, -0.15) is 0 Å². The van der Waals surface area contributed by atoms with Crippen molar-refractivity contribution in [2.45, 2.75) is 18.5 Å². The van der Waals surface area contributed by atoms with E-state index in [1.807, 2.05) is 0 Å². The van der Waals surface area contributed by atoms with Crippen LogP contribution in [0.2, 0.25) is 0 Å². The highest BCUT2D eigenvalue weighted by atomic mass is 32.2. The van der Waals surface area contributed by atoms with Crippen molar-refractivity contribution in [2.75, 3.05) is 32.6 Å². The molecule has 1 atom stereocenters. The number of likely N-dealkylation sites (tertiary alicyclic amines) is 1. The van der Waals surface area contributed by atoms with Gasteiger partial charge in [-0.05, 0) is 6.42 Å². The predicted molar refractivity (Wildman–Crippen MR) is 52.6 cm³/mol.